The number of nitrogens with one attached hydrogen (secondary N) is 1. The van der Waals surface area contributed by atoms with Crippen molar-refractivity contribution in [2.45, 2.75) is 20.3 Å². The number of Topliss-reactive ketones (excluding diaryl/α,β-unsaturated/α-hetero) is 1. The summed E-state index contributed by atoms with van der Waals surface area (Å²) in [6, 6.07) is 6.86. The molecule has 104 valence electrons. The Kier molecular flexibility index (Phi) is 6.22. The van der Waals surface area contributed by atoms with Crippen molar-refractivity contribution >= 4 is 11.7 Å². The van der Waals surface area contributed by atoms with Gasteiger partial charge in [0.1, 0.15) is 0 Å². The van der Waals surface area contributed by atoms with Crippen LogP contribution in [0.1, 0.15) is 41.0 Å². The third-order valence-corrected chi connectivity index (χ3v) is 2.95. The summed E-state index contributed by atoms with van der Waals surface area (Å²) in [5.41, 5.74) is 1.27. The normalized spacial score (nSPS) is 10.3. The summed E-state index contributed by atoms with van der Waals surface area (Å²) in [7, 11) is 1.87. The van der Waals surface area contributed by atoms with Gasteiger partial charge in [-0.15, -0.1) is 0 Å². The molecule has 0 aliphatic heterocycles. The molecule has 1 rings (SSSR count). The van der Waals surface area contributed by atoms with Crippen molar-refractivity contribution in [1.29, 1.82) is 0 Å². The smallest absolute Gasteiger partial charge is 0.253 e. The van der Waals surface area contributed by atoms with E-state index in [-0.39, 0.29) is 11.7 Å². The van der Waals surface area contributed by atoms with Crippen molar-refractivity contribution in [3.8, 4) is 0 Å². The second kappa shape index (κ2) is 7.69. The SMILES string of the molecule is CCCN(CCNC)C(=O)c1ccc(C(C)=O)cc1. The maximum absolute atomic E-state index is 12.3. The largest absolute Gasteiger partial charge is 0.337 e. The first-order valence-electron chi connectivity index (χ1n) is 6.65. The summed E-state index contributed by atoms with van der Waals surface area (Å²) < 4.78 is 0. The number of carbonyl (C=O) groups excluding carboxylic acids is 2. The van der Waals surface area contributed by atoms with E-state index in [9.17, 15) is 9.59 Å². The summed E-state index contributed by atoms with van der Waals surface area (Å²) in [6.07, 6.45) is 0.932. The highest BCUT2D eigenvalue weighted by molar-refractivity contribution is 5.97. The van der Waals surface area contributed by atoms with E-state index in [1.165, 1.54) is 6.92 Å². The molecule has 0 aliphatic rings. The van der Waals surface area contributed by atoms with E-state index in [4.69, 9.17) is 0 Å². The predicted molar refractivity (Wildman–Crippen MR) is 76.6 cm³/mol. The number of rotatable bonds is 7. The fourth-order valence-corrected chi connectivity index (χ4v) is 1.86. The lowest BCUT2D eigenvalue weighted by Crippen LogP contribution is -2.36. The molecule has 0 heterocycles. The number of hydrogen-bond acceptors (Lipinski definition) is 3. The summed E-state index contributed by atoms with van der Waals surface area (Å²) in [6.45, 7) is 5.79. The zero-order chi connectivity index (χ0) is 14.3. The standard InChI is InChI=1S/C15H22N2O2/c1-4-10-17(11-9-16-3)15(19)14-7-5-13(6-8-14)12(2)18/h5-8,16H,4,9-11H2,1-3H3. The number of nitrogens with zero attached hydrogens (tertiary/aromatic N) is 1. The van der Waals surface area contributed by atoms with Crippen LogP contribution in [0, 0.1) is 0 Å². The Bertz CT molecular complexity index is 426. The van der Waals surface area contributed by atoms with Gasteiger partial charge in [-0.05, 0) is 32.5 Å². The van der Waals surface area contributed by atoms with E-state index in [0.717, 1.165) is 19.5 Å². The number of benzene rings is 1. The highest BCUT2D eigenvalue weighted by atomic mass is 16.2. The van der Waals surface area contributed by atoms with Gasteiger partial charge >= 0.3 is 0 Å². The quantitative estimate of drug-likeness (QED) is 0.764. The molecule has 0 unspecified atom stereocenters. The second-order valence-corrected chi connectivity index (χ2v) is 4.53. The predicted octanol–water partition coefficient (Wildman–Crippen LogP) is 1.96. The van der Waals surface area contributed by atoms with Crippen LogP contribution in [-0.2, 0) is 0 Å². The van der Waals surface area contributed by atoms with Crippen molar-refractivity contribution in [2.75, 3.05) is 26.7 Å². The molecule has 0 atom stereocenters. The molecular formula is C15H22N2O2. The van der Waals surface area contributed by atoms with Crippen LogP contribution in [0.5, 0.6) is 0 Å². The number of ketones is 1. The Labute approximate surface area is 114 Å². The van der Waals surface area contributed by atoms with E-state index < -0.39 is 0 Å². The van der Waals surface area contributed by atoms with E-state index in [1.807, 2.05) is 11.9 Å². The molecule has 0 saturated heterocycles. The first-order chi connectivity index (χ1) is 9.10. The Morgan fingerprint density at radius 3 is 2.16 bits per heavy atom. The van der Waals surface area contributed by atoms with Crippen LogP contribution in [0.15, 0.2) is 24.3 Å². The molecule has 0 fully saturated rings. The molecule has 0 radical (unpaired) electrons. The van der Waals surface area contributed by atoms with E-state index in [2.05, 4.69) is 12.2 Å². The molecule has 1 aromatic carbocycles. The minimum Gasteiger partial charge on any atom is -0.337 e. The zero-order valence-electron chi connectivity index (χ0n) is 11.9. The van der Waals surface area contributed by atoms with E-state index in [0.29, 0.717) is 17.7 Å². The Morgan fingerprint density at radius 2 is 1.68 bits per heavy atom. The maximum Gasteiger partial charge on any atom is 0.253 e. The van der Waals surface area contributed by atoms with E-state index >= 15 is 0 Å². The third-order valence-electron chi connectivity index (χ3n) is 2.95. The first kappa shape index (κ1) is 15.4. The fraction of sp³-hybridized carbons (Fsp3) is 0.467. The van der Waals surface area contributed by atoms with Gasteiger partial charge < -0.3 is 10.2 Å². The second-order valence-electron chi connectivity index (χ2n) is 4.53. The lowest BCUT2D eigenvalue weighted by Gasteiger charge is -2.22. The molecule has 19 heavy (non-hydrogen) atoms. The average molecular weight is 262 g/mol. The topological polar surface area (TPSA) is 49.4 Å². The molecule has 0 bridgehead atoms. The van der Waals surface area contributed by atoms with Crippen LogP contribution in [0.4, 0.5) is 0 Å². The lowest BCUT2D eigenvalue weighted by molar-refractivity contribution is 0.0757. The fourth-order valence-electron chi connectivity index (χ4n) is 1.86. The van der Waals surface area contributed by atoms with Gasteiger partial charge in [0.15, 0.2) is 5.78 Å². The van der Waals surface area contributed by atoms with Crippen molar-refractivity contribution < 1.29 is 9.59 Å². The summed E-state index contributed by atoms with van der Waals surface area (Å²) in [5, 5.41) is 3.05. The highest BCUT2D eigenvalue weighted by Gasteiger charge is 2.14. The van der Waals surface area contributed by atoms with Gasteiger partial charge in [-0.25, -0.2) is 0 Å². The summed E-state index contributed by atoms with van der Waals surface area (Å²) in [5.74, 6) is 0.0341. The molecule has 1 amide bonds. The third kappa shape index (κ3) is 4.48. The number of amides is 1. The van der Waals surface area contributed by atoms with E-state index in [1.54, 1.807) is 24.3 Å². The molecule has 4 heteroatoms. The molecular weight excluding hydrogens is 240 g/mol. The van der Waals surface area contributed by atoms with Crippen molar-refractivity contribution in [3.05, 3.63) is 35.4 Å². The molecule has 0 spiro atoms. The lowest BCUT2D eigenvalue weighted by atomic mass is 10.1. The maximum atomic E-state index is 12.3. The van der Waals surface area contributed by atoms with Gasteiger partial charge in [-0.1, -0.05) is 19.1 Å². The summed E-state index contributed by atoms with van der Waals surface area (Å²) in [4.78, 5) is 25.4. The molecule has 1 aromatic rings. The van der Waals surface area contributed by atoms with Crippen LogP contribution in [0.3, 0.4) is 0 Å². The average Bonchev–Trinajstić information content (AvgIpc) is 2.42. The summed E-state index contributed by atoms with van der Waals surface area (Å²) >= 11 is 0. The molecule has 1 N–H and O–H groups in total. The number of likely N-dealkylation sites (N-methyl/N-ethyl adjacent to an activating group) is 1. The van der Waals surface area contributed by atoms with Crippen LogP contribution in [0.2, 0.25) is 0 Å². The van der Waals surface area contributed by atoms with Gasteiger partial charge in [-0.3, -0.25) is 9.59 Å². The first-order valence-corrected chi connectivity index (χ1v) is 6.65. The minimum atomic E-state index is 0.0135. The van der Waals surface area contributed by atoms with Gasteiger partial charge in [-0.2, -0.15) is 0 Å². The van der Waals surface area contributed by atoms with Crippen LogP contribution in [-0.4, -0.2) is 43.3 Å². The zero-order valence-corrected chi connectivity index (χ0v) is 11.9. The Hall–Kier alpha value is -1.68. The molecule has 0 aliphatic carbocycles. The Morgan fingerprint density at radius 1 is 1.11 bits per heavy atom. The van der Waals surface area contributed by atoms with Gasteiger partial charge in [0.05, 0.1) is 0 Å². The van der Waals surface area contributed by atoms with Crippen LogP contribution in [0.25, 0.3) is 0 Å². The van der Waals surface area contributed by atoms with Gasteiger partial charge in [0.2, 0.25) is 0 Å². The number of carbonyl (C=O) groups is 2. The monoisotopic (exact) mass is 262 g/mol. The number of hydrogen-bond donors (Lipinski definition) is 1. The molecule has 0 saturated carbocycles. The van der Waals surface area contributed by atoms with Crippen LogP contribution < -0.4 is 5.32 Å². The minimum absolute atomic E-state index is 0.0135. The van der Waals surface area contributed by atoms with Gasteiger partial charge in [0, 0.05) is 30.8 Å². The molecule has 4 nitrogen and oxygen atoms in total. The van der Waals surface area contributed by atoms with Crippen LogP contribution >= 0.6 is 0 Å². The van der Waals surface area contributed by atoms with Gasteiger partial charge in [0.25, 0.3) is 5.91 Å². The van der Waals surface area contributed by atoms with Crippen molar-refractivity contribution in [1.82, 2.24) is 10.2 Å². The van der Waals surface area contributed by atoms with Crippen molar-refractivity contribution in [3.63, 3.8) is 0 Å². The highest BCUT2D eigenvalue weighted by Crippen LogP contribution is 2.09. The van der Waals surface area contributed by atoms with Crippen molar-refractivity contribution in [2.24, 2.45) is 0 Å². The molecule has 0 aromatic heterocycles. The Balaban J connectivity index is 2.80.